The van der Waals surface area contributed by atoms with Gasteiger partial charge in [-0.2, -0.15) is 0 Å². The molecule has 1 aromatic carbocycles. The number of nitrogens with one attached hydrogen (secondary N) is 1. The maximum absolute atomic E-state index is 13.5. The van der Waals surface area contributed by atoms with Gasteiger partial charge in [-0.1, -0.05) is 19.9 Å². The van der Waals surface area contributed by atoms with Crippen LogP contribution in [-0.4, -0.2) is 18.4 Å². The molecule has 0 aliphatic rings. The summed E-state index contributed by atoms with van der Waals surface area (Å²) in [4.78, 5) is 11.7. The highest BCUT2D eigenvalue weighted by molar-refractivity contribution is 5.96. The van der Waals surface area contributed by atoms with Crippen LogP contribution in [0.25, 0.3) is 0 Å². The normalized spacial score (nSPS) is 11.0. The number of carbonyl (C=O) groups is 1. The number of Topliss-reactive ketones (excluding diaryl/α,β-unsaturated/α-hetero) is 1. The molecule has 0 atom stereocenters. The highest BCUT2D eigenvalue weighted by atomic mass is 19.2. The molecule has 1 aromatic rings. The molecule has 18 heavy (non-hydrogen) atoms. The lowest BCUT2D eigenvalue weighted by molar-refractivity contribution is 0.0975. The van der Waals surface area contributed by atoms with Crippen LogP contribution in [0.2, 0.25) is 0 Å². The topological polar surface area (TPSA) is 29.1 Å². The third kappa shape index (κ3) is 3.88. The summed E-state index contributed by atoms with van der Waals surface area (Å²) in [5.74, 6) is -2.31. The Balaban J connectivity index is 2.60. The minimum atomic E-state index is -1.03. The molecule has 2 nitrogen and oxygen atoms in total. The predicted octanol–water partition coefficient (Wildman–Crippen LogP) is 3.23. The molecular formula is C14H19F2NO. The lowest BCUT2D eigenvalue weighted by Gasteiger charge is -2.08. The number of benzene rings is 1. The van der Waals surface area contributed by atoms with Crippen molar-refractivity contribution in [3.8, 4) is 0 Å². The quantitative estimate of drug-likeness (QED) is 0.624. The molecule has 0 saturated heterocycles. The Morgan fingerprint density at radius 2 is 1.94 bits per heavy atom. The van der Waals surface area contributed by atoms with Gasteiger partial charge in [-0.15, -0.1) is 0 Å². The van der Waals surface area contributed by atoms with E-state index in [0.717, 1.165) is 0 Å². The summed E-state index contributed by atoms with van der Waals surface area (Å²) in [6, 6.07) is 3.14. The molecule has 0 amide bonds. The molecule has 0 heterocycles. The average Bonchev–Trinajstić information content (AvgIpc) is 2.31. The molecule has 0 fully saturated rings. The first-order chi connectivity index (χ1) is 8.43. The second-order valence-corrected chi connectivity index (χ2v) is 4.69. The standard InChI is InChI=1S/C14H19F2NO/c1-9(2)17-8-4-5-12(18)11-7-6-10(3)13(15)14(11)16/h6-7,9,17H,4-5,8H2,1-3H3. The Morgan fingerprint density at radius 3 is 2.56 bits per heavy atom. The Kier molecular flexibility index (Phi) is 5.41. The van der Waals surface area contributed by atoms with Crippen LogP contribution in [0.3, 0.4) is 0 Å². The number of rotatable bonds is 6. The van der Waals surface area contributed by atoms with Crippen LogP contribution < -0.4 is 5.32 Å². The number of hydrogen-bond acceptors (Lipinski definition) is 2. The van der Waals surface area contributed by atoms with E-state index in [9.17, 15) is 13.6 Å². The van der Waals surface area contributed by atoms with Crippen molar-refractivity contribution in [3.63, 3.8) is 0 Å². The average molecular weight is 255 g/mol. The Labute approximate surface area is 106 Å². The Hall–Kier alpha value is -1.29. The number of halogens is 2. The number of hydrogen-bond donors (Lipinski definition) is 1. The monoisotopic (exact) mass is 255 g/mol. The van der Waals surface area contributed by atoms with Crippen molar-refractivity contribution in [2.24, 2.45) is 0 Å². The van der Waals surface area contributed by atoms with E-state index in [4.69, 9.17) is 0 Å². The summed E-state index contributed by atoms with van der Waals surface area (Å²) in [7, 11) is 0. The summed E-state index contributed by atoms with van der Waals surface area (Å²) in [6.45, 7) is 6.19. The highest BCUT2D eigenvalue weighted by Gasteiger charge is 2.16. The first-order valence-corrected chi connectivity index (χ1v) is 6.14. The number of carbonyl (C=O) groups excluding carboxylic acids is 1. The molecule has 0 bridgehead atoms. The summed E-state index contributed by atoms with van der Waals surface area (Å²) in [5.41, 5.74) is 0.0631. The molecule has 0 aliphatic carbocycles. The Bertz CT molecular complexity index is 430. The van der Waals surface area contributed by atoms with E-state index < -0.39 is 11.6 Å². The SMILES string of the molecule is Cc1ccc(C(=O)CCCNC(C)C)c(F)c1F. The molecule has 0 radical (unpaired) electrons. The summed E-state index contributed by atoms with van der Waals surface area (Å²) in [6.07, 6.45) is 0.838. The van der Waals surface area contributed by atoms with Crippen LogP contribution in [-0.2, 0) is 0 Å². The van der Waals surface area contributed by atoms with Gasteiger partial charge in [0.25, 0.3) is 0 Å². The van der Waals surface area contributed by atoms with Crippen LogP contribution in [0, 0.1) is 18.6 Å². The zero-order valence-corrected chi connectivity index (χ0v) is 11.0. The van der Waals surface area contributed by atoms with Crippen LogP contribution >= 0.6 is 0 Å². The first-order valence-electron chi connectivity index (χ1n) is 6.14. The lowest BCUT2D eigenvalue weighted by Crippen LogP contribution is -2.24. The van der Waals surface area contributed by atoms with E-state index in [1.165, 1.54) is 19.1 Å². The number of aryl methyl sites for hydroxylation is 1. The zero-order chi connectivity index (χ0) is 13.7. The fraction of sp³-hybridized carbons (Fsp3) is 0.500. The van der Waals surface area contributed by atoms with Crippen LogP contribution in [0.4, 0.5) is 8.78 Å². The van der Waals surface area contributed by atoms with Crippen LogP contribution in [0.15, 0.2) is 12.1 Å². The van der Waals surface area contributed by atoms with E-state index in [2.05, 4.69) is 5.32 Å². The third-order valence-electron chi connectivity index (χ3n) is 2.71. The molecule has 0 spiro atoms. The maximum Gasteiger partial charge on any atom is 0.169 e. The highest BCUT2D eigenvalue weighted by Crippen LogP contribution is 2.17. The van der Waals surface area contributed by atoms with Gasteiger partial charge < -0.3 is 5.32 Å². The number of ketones is 1. The first kappa shape index (κ1) is 14.8. The molecule has 1 N–H and O–H groups in total. The van der Waals surface area contributed by atoms with Crippen LogP contribution in [0.5, 0.6) is 0 Å². The lowest BCUT2D eigenvalue weighted by atomic mass is 10.0. The van der Waals surface area contributed by atoms with Crippen molar-refractivity contribution in [2.75, 3.05) is 6.54 Å². The van der Waals surface area contributed by atoms with E-state index >= 15 is 0 Å². The second kappa shape index (κ2) is 6.59. The van der Waals surface area contributed by atoms with E-state index in [1.807, 2.05) is 13.8 Å². The molecule has 0 saturated carbocycles. The smallest absolute Gasteiger partial charge is 0.169 e. The van der Waals surface area contributed by atoms with Gasteiger partial charge in [0.05, 0.1) is 5.56 Å². The summed E-state index contributed by atoms with van der Waals surface area (Å²) in [5, 5.41) is 3.17. The molecule has 0 unspecified atom stereocenters. The maximum atomic E-state index is 13.5. The van der Waals surface area contributed by atoms with E-state index in [-0.39, 0.29) is 23.3 Å². The van der Waals surface area contributed by atoms with Crippen molar-refractivity contribution in [2.45, 2.75) is 39.7 Å². The van der Waals surface area contributed by atoms with Gasteiger partial charge in [0.2, 0.25) is 0 Å². The Morgan fingerprint density at radius 1 is 1.28 bits per heavy atom. The zero-order valence-electron chi connectivity index (χ0n) is 11.0. The van der Waals surface area contributed by atoms with Gasteiger partial charge in [-0.25, -0.2) is 8.78 Å². The molecule has 100 valence electrons. The van der Waals surface area contributed by atoms with Gasteiger partial charge in [0.15, 0.2) is 17.4 Å². The molecule has 0 aliphatic heterocycles. The largest absolute Gasteiger partial charge is 0.315 e. The van der Waals surface area contributed by atoms with Crippen molar-refractivity contribution < 1.29 is 13.6 Å². The van der Waals surface area contributed by atoms with Gasteiger partial charge in [-0.3, -0.25) is 4.79 Å². The molecule has 1 rings (SSSR count). The van der Waals surface area contributed by atoms with Gasteiger partial charge in [0, 0.05) is 12.5 Å². The van der Waals surface area contributed by atoms with Crippen molar-refractivity contribution in [1.29, 1.82) is 0 Å². The molecular weight excluding hydrogens is 236 g/mol. The minimum Gasteiger partial charge on any atom is -0.315 e. The molecule has 4 heteroatoms. The third-order valence-corrected chi connectivity index (χ3v) is 2.71. The minimum absolute atomic E-state index is 0.150. The van der Waals surface area contributed by atoms with Gasteiger partial charge >= 0.3 is 0 Å². The van der Waals surface area contributed by atoms with E-state index in [1.54, 1.807) is 0 Å². The van der Waals surface area contributed by atoms with Crippen LogP contribution in [0.1, 0.15) is 42.6 Å². The predicted molar refractivity (Wildman–Crippen MR) is 67.8 cm³/mol. The van der Waals surface area contributed by atoms with Crippen molar-refractivity contribution >= 4 is 5.78 Å². The fourth-order valence-electron chi connectivity index (χ4n) is 1.64. The summed E-state index contributed by atoms with van der Waals surface area (Å²) < 4.78 is 26.8. The van der Waals surface area contributed by atoms with E-state index in [0.29, 0.717) is 19.0 Å². The second-order valence-electron chi connectivity index (χ2n) is 4.69. The van der Waals surface area contributed by atoms with Gasteiger partial charge in [-0.05, 0) is 31.5 Å². The fourth-order valence-corrected chi connectivity index (χ4v) is 1.64. The molecule has 0 aromatic heterocycles. The summed E-state index contributed by atoms with van der Waals surface area (Å²) >= 11 is 0. The van der Waals surface area contributed by atoms with Gasteiger partial charge in [0.1, 0.15) is 0 Å². The van der Waals surface area contributed by atoms with Crippen molar-refractivity contribution in [1.82, 2.24) is 5.32 Å². The van der Waals surface area contributed by atoms with Crippen molar-refractivity contribution in [3.05, 3.63) is 34.9 Å².